The molecule has 2 aromatic carbocycles. The van der Waals surface area contributed by atoms with E-state index < -0.39 is 0 Å². The Kier molecular flexibility index (Phi) is 6.31. The van der Waals surface area contributed by atoms with Gasteiger partial charge in [0, 0.05) is 23.2 Å². The lowest BCUT2D eigenvalue weighted by atomic mass is 9.97. The molecule has 1 atom stereocenters. The van der Waals surface area contributed by atoms with E-state index >= 15 is 0 Å². The first-order chi connectivity index (χ1) is 14.2. The molecule has 1 N–H and O–H groups in total. The van der Waals surface area contributed by atoms with Gasteiger partial charge in [-0.05, 0) is 56.1 Å². The van der Waals surface area contributed by atoms with E-state index in [9.17, 15) is 4.79 Å². The molecule has 1 saturated heterocycles. The van der Waals surface area contributed by atoms with E-state index in [1.54, 1.807) is 0 Å². The van der Waals surface area contributed by atoms with Crippen molar-refractivity contribution >= 4 is 32.9 Å². The predicted molar refractivity (Wildman–Crippen MR) is 120 cm³/mol. The first-order valence-electron chi connectivity index (χ1n) is 10.4. The van der Waals surface area contributed by atoms with E-state index in [0.29, 0.717) is 0 Å². The van der Waals surface area contributed by atoms with E-state index in [1.165, 1.54) is 0 Å². The highest BCUT2D eigenvalue weighted by atomic mass is 79.9. The van der Waals surface area contributed by atoms with E-state index in [1.807, 2.05) is 18.2 Å². The number of hydrogen-bond acceptors (Lipinski definition) is 3. The summed E-state index contributed by atoms with van der Waals surface area (Å²) in [6, 6.07) is 16.6. The number of halogens is 1. The van der Waals surface area contributed by atoms with Crippen molar-refractivity contribution in [1.82, 2.24) is 19.8 Å². The van der Waals surface area contributed by atoms with Crippen molar-refractivity contribution < 1.29 is 4.79 Å². The van der Waals surface area contributed by atoms with Crippen molar-refractivity contribution in [3.8, 4) is 5.69 Å². The summed E-state index contributed by atoms with van der Waals surface area (Å²) in [6.07, 6.45) is 2.98. The van der Waals surface area contributed by atoms with Crippen LogP contribution in [0.25, 0.3) is 16.7 Å². The first-order valence-corrected chi connectivity index (χ1v) is 11.2. The number of carbonyl (C=O) groups is 1. The normalized spacial score (nSPS) is 17.5. The van der Waals surface area contributed by atoms with Gasteiger partial charge in [0.15, 0.2) is 0 Å². The van der Waals surface area contributed by atoms with E-state index in [4.69, 9.17) is 4.98 Å². The zero-order chi connectivity index (χ0) is 20.2. The fourth-order valence-electron chi connectivity index (χ4n) is 4.09. The molecule has 0 spiro atoms. The molecule has 1 aliphatic rings. The van der Waals surface area contributed by atoms with Gasteiger partial charge in [0.05, 0.1) is 23.5 Å². The number of carbonyl (C=O) groups excluding carboxylic acids is 1. The second kappa shape index (κ2) is 9.09. The maximum absolute atomic E-state index is 12.5. The second-order valence-electron chi connectivity index (χ2n) is 7.70. The van der Waals surface area contributed by atoms with Crippen LogP contribution < -0.4 is 5.32 Å². The first kappa shape index (κ1) is 20.1. The molecule has 1 aliphatic heterocycles. The Morgan fingerprint density at radius 1 is 1.24 bits per heavy atom. The number of imidazole rings is 1. The van der Waals surface area contributed by atoms with Gasteiger partial charge >= 0.3 is 0 Å². The van der Waals surface area contributed by atoms with Crippen molar-refractivity contribution in [3.63, 3.8) is 0 Å². The minimum Gasteiger partial charge on any atom is -0.356 e. The summed E-state index contributed by atoms with van der Waals surface area (Å²) in [4.78, 5) is 19.8. The topological polar surface area (TPSA) is 50.2 Å². The van der Waals surface area contributed by atoms with Gasteiger partial charge in [-0.15, -0.1) is 0 Å². The summed E-state index contributed by atoms with van der Waals surface area (Å²) in [5.41, 5.74) is 3.20. The summed E-state index contributed by atoms with van der Waals surface area (Å²) in [5.74, 6) is 1.27. The number of benzene rings is 2. The number of piperidine rings is 1. The van der Waals surface area contributed by atoms with E-state index in [-0.39, 0.29) is 11.8 Å². The largest absolute Gasteiger partial charge is 0.356 e. The third kappa shape index (κ3) is 4.54. The van der Waals surface area contributed by atoms with Gasteiger partial charge in [-0.25, -0.2) is 4.98 Å². The zero-order valence-corrected chi connectivity index (χ0v) is 18.4. The van der Waals surface area contributed by atoms with Crippen molar-refractivity contribution in [2.45, 2.75) is 32.7 Å². The number of likely N-dealkylation sites (tertiary alicyclic amines) is 1. The summed E-state index contributed by atoms with van der Waals surface area (Å²) in [5, 5.41) is 3.06. The smallest absolute Gasteiger partial charge is 0.224 e. The Bertz CT molecular complexity index is 999. The fraction of sp³-hybridized carbons (Fsp3) is 0.391. The number of aromatic nitrogens is 2. The van der Waals surface area contributed by atoms with Crippen molar-refractivity contribution in [1.29, 1.82) is 0 Å². The Balaban J connectivity index is 1.61. The maximum Gasteiger partial charge on any atom is 0.224 e. The van der Waals surface area contributed by atoms with Gasteiger partial charge in [-0.1, -0.05) is 41.1 Å². The molecule has 1 aromatic heterocycles. The molecule has 152 valence electrons. The Morgan fingerprint density at radius 3 is 2.93 bits per heavy atom. The van der Waals surface area contributed by atoms with Crippen LogP contribution in [0, 0.1) is 5.92 Å². The number of fused-ring (bicyclic) bond motifs is 1. The summed E-state index contributed by atoms with van der Waals surface area (Å²) in [6.45, 7) is 5.36. The van der Waals surface area contributed by atoms with Gasteiger partial charge in [0.2, 0.25) is 5.91 Å². The second-order valence-corrected chi connectivity index (χ2v) is 8.61. The monoisotopic (exact) mass is 454 g/mol. The van der Waals surface area contributed by atoms with E-state index in [0.717, 1.165) is 72.5 Å². The number of rotatable bonds is 6. The Labute approximate surface area is 180 Å². The highest BCUT2D eigenvalue weighted by molar-refractivity contribution is 9.10. The van der Waals surface area contributed by atoms with Gasteiger partial charge in [0.25, 0.3) is 0 Å². The van der Waals surface area contributed by atoms with Crippen LogP contribution in [0.5, 0.6) is 0 Å². The molecule has 3 aromatic rings. The third-order valence-electron chi connectivity index (χ3n) is 5.49. The average Bonchev–Trinajstić information content (AvgIpc) is 3.10. The zero-order valence-electron chi connectivity index (χ0n) is 16.8. The van der Waals surface area contributed by atoms with Gasteiger partial charge in [0.1, 0.15) is 5.82 Å². The SMILES string of the molecule is CCCNC(=O)[C@H]1CCCN(Cc2nc3ccccc3n2-c2cccc(Br)c2)C1. The maximum atomic E-state index is 12.5. The van der Waals surface area contributed by atoms with E-state index in [2.05, 4.69) is 68.0 Å². The van der Waals surface area contributed by atoms with Crippen LogP contribution in [-0.4, -0.2) is 40.0 Å². The molecule has 5 nitrogen and oxygen atoms in total. The Morgan fingerprint density at radius 2 is 2.10 bits per heavy atom. The molecule has 0 aliphatic carbocycles. The average molecular weight is 455 g/mol. The lowest BCUT2D eigenvalue weighted by Crippen LogP contribution is -2.43. The van der Waals surface area contributed by atoms with Crippen LogP contribution in [-0.2, 0) is 11.3 Å². The standard InChI is InChI=1S/C23H27BrN4O/c1-2-12-25-23(29)17-7-6-13-27(15-17)16-22-26-20-10-3-4-11-21(20)28(22)19-9-5-8-18(24)14-19/h3-5,8-11,14,17H,2,6-7,12-13,15-16H2,1H3,(H,25,29)/t17-/m0/s1. The number of nitrogens with zero attached hydrogens (tertiary/aromatic N) is 3. The predicted octanol–water partition coefficient (Wildman–Crippen LogP) is 4.53. The highest BCUT2D eigenvalue weighted by Crippen LogP contribution is 2.26. The van der Waals surface area contributed by atoms with Crippen LogP contribution in [0.4, 0.5) is 0 Å². The molecule has 0 unspecified atom stereocenters. The summed E-state index contributed by atoms with van der Waals surface area (Å²) < 4.78 is 3.28. The molecule has 2 heterocycles. The lowest BCUT2D eigenvalue weighted by Gasteiger charge is -2.31. The molecule has 0 saturated carbocycles. The number of amides is 1. The lowest BCUT2D eigenvalue weighted by molar-refractivity contribution is -0.126. The fourth-order valence-corrected chi connectivity index (χ4v) is 4.48. The molecule has 0 bridgehead atoms. The number of hydrogen-bond donors (Lipinski definition) is 1. The molecule has 0 radical (unpaired) electrons. The van der Waals surface area contributed by atoms with Crippen molar-refractivity contribution in [3.05, 3.63) is 58.8 Å². The summed E-state index contributed by atoms with van der Waals surface area (Å²) in [7, 11) is 0. The van der Waals surface area contributed by atoms with Gasteiger partial charge in [-0.2, -0.15) is 0 Å². The van der Waals surface area contributed by atoms with Crippen LogP contribution in [0.3, 0.4) is 0 Å². The highest BCUT2D eigenvalue weighted by Gasteiger charge is 2.26. The minimum absolute atomic E-state index is 0.0685. The van der Waals surface area contributed by atoms with Crippen LogP contribution in [0.1, 0.15) is 32.0 Å². The molecular weight excluding hydrogens is 428 g/mol. The Hall–Kier alpha value is -2.18. The minimum atomic E-state index is 0.0685. The number of nitrogens with one attached hydrogen (secondary N) is 1. The molecular formula is C23H27BrN4O. The van der Waals surface area contributed by atoms with Gasteiger partial charge < -0.3 is 5.32 Å². The van der Waals surface area contributed by atoms with Crippen LogP contribution in [0.15, 0.2) is 53.0 Å². The molecule has 1 amide bonds. The van der Waals surface area contributed by atoms with Crippen LogP contribution in [0.2, 0.25) is 0 Å². The molecule has 6 heteroatoms. The molecule has 29 heavy (non-hydrogen) atoms. The van der Waals surface area contributed by atoms with Crippen LogP contribution >= 0.6 is 15.9 Å². The van der Waals surface area contributed by atoms with Crippen molar-refractivity contribution in [2.24, 2.45) is 5.92 Å². The number of para-hydroxylation sites is 2. The third-order valence-corrected chi connectivity index (χ3v) is 5.98. The van der Waals surface area contributed by atoms with Gasteiger partial charge in [-0.3, -0.25) is 14.3 Å². The van der Waals surface area contributed by atoms with Crippen molar-refractivity contribution in [2.75, 3.05) is 19.6 Å². The summed E-state index contributed by atoms with van der Waals surface area (Å²) >= 11 is 3.59. The molecule has 4 rings (SSSR count). The quantitative estimate of drug-likeness (QED) is 0.595. The molecule has 1 fully saturated rings.